The maximum absolute atomic E-state index is 11.5. The minimum Gasteiger partial charge on any atom is -0.350 e. The van der Waals surface area contributed by atoms with Crippen molar-refractivity contribution in [1.82, 2.24) is 5.32 Å². The third kappa shape index (κ3) is 2.96. The summed E-state index contributed by atoms with van der Waals surface area (Å²) in [4.78, 5) is 11.5. The molecule has 82 valence electrons. The Morgan fingerprint density at radius 1 is 1.50 bits per heavy atom. The zero-order valence-electron chi connectivity index (χ0n) is 8.83. The fourth-order valence-corrected chi connectivity index (χ4v) is 1.81. The van der Waals surface area contributed by atoms with Gasteiger partial charge in [0.15, 0.2) is 0 Å². The van der Waals surface area contributed by atoms with Crippen molar-refractivity contribution >= 4 is 5.91 Å². The summed E-state index contributed by atoms with van der Waals surface area (Å²) in [6.45, 7) is 1.91. The third-order valence-corrected chi connectivity index (χ3v) is 2.92. The Bertz CT molecular complexity index is 196. The number of amides is 1. The van der Waals surface area contributed by atoms with Crippen molar-refractivity contribution in [3.8, 4) is 0 Å². The fourth-order valence-electron chi connectivity index (χ4n) is 1.81. The van der Waals surface area contributed by atoms with Crippen LogP contribution in [0.4, 0.5) is 0 Å². The number of nitrogens with one attached hydrogen (secondary N) is 1. The average Bonchev–Trinajstić information content (AvgIpc) is 2.20. The molecule has 1 aliphatic rings. The summed E-state index contributed by atoms with van der Waals surface area (Å²) < 4.78 is 0. The van der Waals surface area contributed by atoms with E-state index in [-0.39, 0.29) is 24.0 Å². The minimum absolute atomic E-state index is 0.0603. The van der Waals surface area contributed by atoms with Crippen molar-refractivity contribution in [2.24, 2.45) is 11.5 Å². The lowest BCUT2D eigenvalue weighted by atomic mass is 9.91. The molecular formula is C10H21N3O. The normalized spacial score (nSPS) is 29.6. The highest BCUT2D eigenvalue weighted by Crippen LogP contribution is 2.16. The van der Waals surface area contributed by atoms with Gasteiger partial charge in [0.2, 0.25) is 5.91 Å². The van der Waals surface area contributed by atoms with Gasteiger partial charge in [0.1, 0.15) is 0 Å². The first kappa shape index (κ1) is 11.5. The van der Waals surface area contributed by atoms with E-state index < -0.39 is 0 Å². The first-order valence-electron chi connectivity index (χ1n) is 5.46. The molecule has 0 saturated heterocycles. The average molecular weight is 199 g/mol. The molecule has 3 atom stereocenters. The lowest BCUT2D eigenvalue weighted by Gasteiger charge is -2.30. The van der Waals surface area contributed by atoms with Gasteiger partial charge in [-0.1, -0.05) is 19.8 Å². The van der Waals surface area contributed by atoms with Gasteiger partial charge in [-0.2, -0.15) is 0 Å². The first-order chi connectivity index (χ1) is 6.65. The Morgan fingerprint density at radius 2 is 2.14 bits per heavy atom. The van der Waals surface area contributed by atoms with Crippen LogP contribution in [0, 0.1) is 0 Å². The summed E-state index contributed by atoms with van der Waals surface area (Å²) in [6.07, 6.45) is 5.00. The van der Waals surface area contributed by atoms with E-state index >= 15 is 0 Å². The van der Waals surface area contributed by atoms with Crippen LogP contribution in [0.25, 0.3) is 0 Å². The molecule has 0 radical (unpaired) electrons. The van der Waals surface area contributed by atoms with Gasteiger partial charge in [-0.3, -0.25) is 4.79 Å². The Hall–Kier alpha value is -0.610. The number of nitrogens with two attached hydrogens (primary N) is 2. The second-order valence-electron chi connectivity index (χ2n) is 4.08. The Balaban J connectivity index is 2.38. The molecule has 0 bridgehead atoms. The van der Waals surface area contributed by atoms with Gasteiger partial charge in [0, 0.05) is 12.1 Å². The monoisotopic (exact) mass is 199 g/mol. The third-order valence-electron chi connectivity index (χ3n) is 2.92. The summed E-state index contributed by atoms with van der Waals surface area (Å²) in [6, 6.07) is -0.144. The summed E-state index contributed by atoms with van der Waals surface area (Å²) in [5.41, 5.74) is 11.5. The highest BCUT2D eigenvalue weighted by atomic mass is 16.2. The molecule has 1 amide bonds. The van der Waals surface area contributed by atoms with Gasteiger partial charge in [-0.15, -0.1) is 0 Å². The van der Waals surface area contributed by atoms with Crippen molar-refractivity contribution in [3.05, 3.63) is 0 Å². The van der Waals surface area contributed by atoms with Crippen LogP contribution >= 0.6 is 0 Å². The summed E-state index contributed by atoms with van der Waals surface area (Å²) in [5, 5.41) is 2.93. The molecule has 0 aliphatic heterocycles. The van der Waals surface area contributed by atoms with Crippen molar-refractivity contribution in [3.63, 3.8) is 0 Å². The Kier molecular flexibility index (Phi) is 4.35. The predicted octanol–water partition coefficient (Wildman–Crippen LogP) is 0.110. The lowest BCUT2D eigenvalue weighted by Crippen LogP contribution is -2.53. The van der Waals surface area contributed by atoms with Crippen molar-refractivity contribution in [2.45, 2.75) is 57.2 Å². The topological polar surface area (TPSA) is 81.1 Å². The molecule has 1 rings (SSSR count). The van der Waals surface area contributed by atoms with E-state index in [1.807, 2.05) is 6.92 Å². The second-order valence-corrected chi connectivity index (χ2v) is 4.08. The molecular weight excluding hydrogens is 178 g/mol. The molecule has 3 unspecified atom stereocenters. The number of carbonyl (C=O) groups excluding carboxylic acids is 1. The van der Waals surface area contributed by atoms with Gasteiger partial charge in [-0.05, 0) is 19.3 Å². The Labute approximate surface area is 85.4 Å². The number of hydrogen-bond donors (Lipinski definition) is 3. The summed E-state index contributed by atoms with van der Waals surface area (Å²) >= 11 is 0. The van der Waals surface area contributed by atoms with Gasteiger partial charge in [0.05, 0.1) is 6.04 Å². The van der Waals surface area contributed by atoms with Crippen LogP contribution in [0.3, 0.4) is 0 Å². The van der Waals surface area contributed by atoms with Crippen LogP contribution in [0.15, 0.2) is 0 Å². The SMILES string of the molecule is CCC(N)C(=O)NC1CCCCC1N. The van der Waals surface area contributed by atoms with E-state index in [1.165, 1.54) is 6.42 Å². The molecule has 0 aromatic carbocycles. The van der Waals surface area contributed by atoms with Gasteiger partial charge < -0.3 is 16.8 Å². The molecule has 1 aliphatic carbocycles. The smallest absolute Gasteiger partial charge is 0.237 e. The Morgan fingerprint density at radius 3 is 2.71 bits per heavy atom. The van der Waals surface area contributed by atoms with E-state index in [0.717, 1.165) is 19.3 Å². The molecule has 5 N–H and O–H groups in total. The summed E-state index contributed by atoms with van der Waals surface area (Å²) in [5.74, 6) is -0.0603. The number of hydrogen-bond acceptors (Lipinski definition) is 3. The second kappa shape index (κ2) is 5.32. The van der Waals surface area contributed by atoms with Crippen LogP contribution in [0.2, 0.25) is 0 Å². The molecule has 1 saturated carbocycles. The molecule has 14 heavy (non-hydrogen) atoms. The van der Waals surface area contributed by atoms with Gasteiger partial charge in [-0.25, -0.2) is 0 Å². The molecule has 0 heterocycles. The maximum atomic E-state index is 11.5. The van der Waals surface area contributed by atoms with E-state index in [2.05, 4.69) is 5.32 Å². The molecule has 0 aromatic rings. The zero-order valence-corrected chi connectivity index (χ0v) is 8.83. The quantitative estimate of drug-likeness (QED) is 0.603. The van der Waals surface area contributed by atoms with Crippen molar-refractivity contribution in [2.75, 3.05) is 0 Å². The van der Waals surface area contributed by atoms with Crippen molar-refractivity contribution in [1.29, 1.82) is 0 Å². The molecule has 1 fully saturated rings. The van der Waals surface area contributed by atoms with E-state index in [9.17, 15) is 4.79 Å². The van der Waals surface area contributed by atoms with E-state index in [0.29, 0.717) is 6.42 Å². The minimum atomic E-state index is -0.385. The first-order valence-corrected chi connectivity index (χ1v) is 5.46. The molecule has 4 nitrogen and oxygen atoms in total. The van der Waals surface area contributed by atoms with Gasteiger partial charge >= 0.3 is 0 Å². The molecule has 4 heteroatoms. The fraction of sp³-hybridized carbons (Fsp3) is 0.900. The predicted molar refractivity (Wildman–Crippen MR) is 56.6 cm³/mol. The largest absolute Gasteiger partial charge is 0.350 e. The summed E-state index contributed by atoms with van der Waals surface area (Å²) in [7, 11) is 0. The van der Waals surface area contributed by atoms with Crippen LogP contribution in [0.1, 0.15) is 39.0 Å². The highest BCUT2D eigenvalue weighted by Gasteiger charge is 2.24. The van der Waals surface area contributed by atoms with Crippen molar-refractivity contribution < 1.29 is 4.79 Å². The standard InChI is InChI=1S/C10H21N3O/c1-2-7(11)10(14)13-9-6-4-3-5-8(9)12/h7-9H,2-6,11-12H2,1H3,(H,13,14). The zero-order chi connectivity index (χ0) is 10.6. The highest BCUT2D eigenvalue weighted by molar-refractivity contribution is 5.81. The van der Waals surface area contributed by atoms with E-state index in [4.69, 9.17) is 11.5 Å². The molecule has 0 aromatic heterocycles. The maximum Gasteiger partial charge on any atom is 0.237 e. The molecule has 0 spiro atoms. The van der Waals surface area contributed by atoms with Gasteiger partial charge in [0.25, 0.3) is 0 Å². The van der Waals surface area contributed by atoms with Crippen LogP contribution in [0.5, 0.6) is 0 Å². The van der Waals surface area contributed by atoms with Crippen LogP contribution in [-0.2, 0) is 4.79 Å². The number of carbonyl (C=O) groups is 1. The lowest BCUT2D eigenvalue weighted by molar-refractivity contribution is -0.123. The van der Waals surface area contributed by atoms with E-state index in [1.54, 1.807) is 0 Å². The van der Waals surface area contributed by atoms with Crippen LogP contribution < -0.4 is 16.8 Å². The van der Waals surface area contributed by atoms with Crippen LogP contribution in [-0.4, -0.2) is 24.0 Å². The number of rotatable bonds is 3.